The lowest BCUT2D eigenvalue weighted by atomic mass is 10.2. The van der Waals surface area contributed by atoms with Crippen LogP contribution in [0, 0.1) is 6.92 Å². The number of benzene rings is 2. The number of thioether (sulfide) groups is 1. The highest BCUT2D eigenvalue weighted by molar-refractivity contribution is 7.98. The maximum absolute atomic E-state index is 5.42. The molecular weight excluding hydrogens is 310 g/mol. The van der Waals surface area contributed by atoms with Crippen molar-refractivity contribution in [2.75, 3.05) is 6.79 Å². The van der Waals surface area contributed by atoms with Gasteiger partial charge in [0, 0.05) is 5.75 Å². The van der Waals surface area contributed by atoms with Crippen molar-refractivity contribution in [2.24, 2.45) is 0 Å². The number of para-hydroxylation sites is 1. The zero-order valence-electron chi connectivity index (χ0n) is 12.6. The summed E-state index contributed by atoms with van der Waals surface area (Å²) in [6.45, 7) is 2.38. The van der Waals surface area contributed by atoms with Crippen molar-refractivity contribution in [2.45, 2.75) is 17.8 Å². The number of nitrogens with zero attached hydrogens (tertiary/aromatic N) is 3. The maximum Gasteiger partial charge on any atom is 0.231 e. The molecule has 1 aliphatic heterocycles. The first-order valence-corrected chi connectivity index (χ1v) is 8.27. The Morgan fingerprint density at radius 1 is 1.13 bits per heavy atom. The first kappa shape index (κ1) is 14.1. The van der Waals surface area contributed by atoms with Gasteiger partial charge in [0.25, 0.3) is 0 Å². The van der Waals surface area contributed by atoms with Crippen LogP contribution in [0.3, 0.4) is 0 Å². The van der Waals surface area contributed by atoms with Crippen molar-refractivity contribution in [3.8, 4) is 17.2 Å². The molecule has 3 aromatic rings. The molecule has 0 saturated heterocycles. The molecule has 0 N–H and O–H groups in total. The van der Waals surface area contributed by atoms with Crippen molar-refractivity contribution in [1.29, 1.82) is 0 Å². The minimum atomic E-state index is 0.299. The summed E-state index contributed by atoms with van der Waals surface area (Å²) in [5.41, 5.74) is 3.46. The Hall–Kier alpha value is -2.47. The summed E-state index contributed by atoms with van der Waals surface area (Å²) >= 11 is 1.65. The van der Waals surface area contributed by atoms with E-state index in [0.29, 0.717) is 6.79 Å². The summed E-state index contributed by atoms with van der Waals surface area (Å²) < 4.78 is 12.8. The Balaban J connectivity index is 1.54. The minimum absolute atomic E-state index is 0.299. The van der Waals surface area contributed by atoms with Gasteiger partial charge in [0.1, 0.15) is 6.33 Å². The second kappa shape index (κ2) is 5.96. The predicted octanol–water partition coefficient (Wildman–Crippen LogP) is 3.60. The zero-order valence-corrected chi connectivity index (χ0v) is 13.4. The van der Waals surface area contributed by atoms with Gasteiger partial charge in [-0.05, 0) is 36.2 Å². The maximum atomic E-state index is 5.42. The van der Waals surface area contributed by atoms with Crippen molar-refractivity contribution in [3.05, 3.63) is 59.9 Å². The highest BCUT2D eigenvalue weighted by Gasteiger charge is 2.14. The summed E-state index contributed by atoms with van der Waals surface area (Å²) in [6, 6.07) is 14.2. The van der Waals surface area contributed by atoms with Crippen LogP contribution in [0.1, 0.15) is 11.1 Å². The quantitative estimate of drug-likeness (QED) is 0.686. The van der Waals surface area contributed by atoms with Crippen molar-refractivity contribution >= 4 is 11.8 Å². The van der Waals surface area contributed by atoms with E-state index in [4.69, 9.17) is 9.47 Å². The highest BCUT2D eigenvalue weighted by atomic mass is 32.2. The third kappa shape index (κ3) is 2.77. The molecule has 2 heterocycles. The number of rotatable bonds is 4. The van der Waals surface area contributed by atoms with Crippen molar-refractivity contribution in [3.63, 3.8) is 0 Å². The largest absolute Gasteiger partial charge is 0.454 e. The Morgan fingerprint density at radius 3 is 2.91 bits per heavy atom. The number of hydrogen-bond donors (Lipinski definition) is 0. The molecule has 0 radical (unpaired) electrons. The molecule has 1 aromatic heterocycles. The first-order chi connectivity index (χ1) is 11.3. The fraction of sp³-hybridized carbons (Fsp3) is 0.176. The molecule has 23 heavy (non-hydrogen) atoms. The Labute approximate surface area is 138 Å². The molecule has 0 saturated carbocycles. The van der Waals surface area contributed by atoms with Gasteiger partial charge in [-0.25, -0.2) is 0 Å². The molecule has 4 rings (SSSR count). The number of hydrogen-bond acceptors (Lipinski definition) is 5. The number of ether oxygens (including phenoxy) is 2. The average Bonchev–Trinajstić information content (AvgIpc) is 3.22. The molecule has 5 nitrogen and oxygen atoms in total. The standard InChI is InChI=1S/C17H15N3O2S/c1-12-4-2-3-5-14(12)20-10-18-19-17(20)23-9-13-6-7-15-16(8-13)22-11-21-15/h2-8,10H,9,11H2,1H3. The van der Waals surface area contributed by atoms with E-state index in [1.807, 2.05) is 28.8 Å². The van der Waals surface area contributed by atoms with Crippen LogP contribution in [0.5, 0.6) is 11.5 Å². The fourth-order valence-electron chi connectivity index (χ4n) is 2.50. The average molecular weight is 325 g/mol. The number of aryl methyl sites for hydroxylation is 1. The van der Waals surface area contributed by atoms with Gasteiger partial charge in [-0.2, -0.15) is 0 Å². The van der Waals surface area contributed by atoms with Crippen molar-refractivity contribution < 1.29 is 9.47 Å². The molecule has 0 bridgehead atoms. The fourth-order valence-corrected chi connectivity index (χ4v) is 3.37. The second-order valence-corrected chi connectivity index (χ2v) is 6.19. The van der Waals surface area contributed by atoms with Crippen LogP contribution in [0.4, 0.5) is 0 Å². The molecule has 6 heteroatoms. The van der Waals surface area contributed by atoms with Gasteiger partial charge in [0.05, 0.1) is 5.69 Å². The minimum Gasteiger partial charge on any atom is -0.454 e. The molecular formula is C17H15N3O2S. The highest BCUT2D eigenvalue weighted by Crippen LogP contribution is 2.34. The van der Waals surface area contributed by atoms with E-state index in [1.54, 1.807) is 18.1 Å². The summed E-state index contributed by atoms with van der Waals surface area (Å²) in [7, 11) is 0. The lowest BCUT2D eigenvalue weighted by Crippen LogP contribution is -1.97. The van der Waals surface area contributed by atoms with E-state index >= 15 is 0 Å². The van der Waals surface area contributed by atoms with Gasteiger partial charge in [0.15, 0.2) is 16.7 Å². The monoisotopic (exact) mass is 325 g/mol. The summed E-state index contributed by atoms with van der Waals surface area (Å²) in [6.07, 6.45) is 1.75. The first-order valence-electron chi connectivity index (χ1n) is 7.28. The summed E-state index contributed by atoms with van der Waals surface area (Å²) in [5.74, 6) is 2.41. The van der Waals surface area contributed by atoms with Gasteiger partial charge in [-0.3, -0.25) is 4.57 Å². The molecule has 0 fully saturated rings. The lowest BCUT2D eigenvalue weighted by Gasteiger charge is -2.09. The molecule has 1 aliphatic rings. The Bertz CT molecular complexity index is 847. The van der Waals surface area contributed by atoms with E-state index < -0.39 is 0 Å². The van der Waals surface area contributed by atoms with Crippen LogP contribution in [-0.2, 0) is 5.75 Å². The third-order valence-electron chi connectivity index (χ3n) is 3.70. The van der Waals surface area contributed by atoms with E-state index in [9.17, 15) is 0 Å². The van der Waals surface area contributed by atoms with Crippen LogP contribution in [-0.4, -0.2) is 21.6 Å². The lowest BCUT2D eigenvalue weighted by molar-refractivity contribution is 0.174. The molecule has 0 spiro atoms. The predicted molar refractivity (Wildman–Crippen MR) is 88.2 cm³/mol. The number of aromatic nitrogens is 3. The Kier molecular flexibility index (Phi) is 3.67. The molecule has 0 aliphatic carbocycles. The van der Waals surface area contributed by atoms with E-state index in [-0.39, 0.29) is 0 Å². The van der Waals surface area contributed by atoms with Gasteiger partial charge in [-0.15, -0.1) is 10.2 Å². The van der Waals surface area contributed by atoms with Crippen LogP contribution < -0.4 is 9.47 Å². The number of fused-ring (bicyclic) bond motifs is 1. The van der Waals surface area contributed by atoms with Crippen LogP contribution in [0.25, 0.3) is 5.69 Å². The van der Waals surface area contributed by atoms with E-state index in [0.717, 1.165) is 28.1 Å². The van der Waals surface area contributed by atoms with E-state index in [1.165, 1.54) is 11.1 Å². The van der Waals surface area contributed by atoms with Crippen molar-refractivity contribution in [1.82, 2.24) is 14.8 Å². The normalized spacial score (nSPS) is 12.6. The van der Waals surface area contributed by atoms with Crippen LogP contribution >= 0.6 is 11.8 Å². The van der Waals surface area contributed by atoms with Crippen LogP contribution in [0.15, 0.2) is 53.9 Å². The van der Waals surface area contributed by atoms with Crippen LogP contribution in [0.2, 0.25) is 0 Å². The van der Waals surface area contributed by atoms with Gasteiger partial charge >= 0.3 is 0 Å². The Morgan fingerprint density at radius 2 is 2.00 bits per heavy atom. The SMILES string of the molecule is Cc1ccccc1-n1cnnc1SCc1ccc2c(c1)OCO2. The van der Waals surface area contributed by atoms with Gasteiger partial charge in [-0.1, -0.05) is 36.0 Å². The zero-order chi connectivity index (χ0) is 15.6. The molecule has 0 atom stereocenters. The molecule has 116 valence electrons. The topological polar surface area (TPSA) is 49.2 Å². The molecule has 2 aromatic carbocycles. The second-order valence-electron chi connectivity index (χ2n) is 5.25. The molecule has 0 amide bonds. The van der Waals surface area contributed by atoms with Gasteiger partial charge < -0.3 is 9.47 Å². The van der Waals surface area contributed by atoms with E-state index in [2.05, 4.69) is 35.3 Å². The molecule has 0 unspecified atom stereocenters. The smallest absolute Gasteiger partial charge is 0.231 e. The third-order valence-corrected chi connectivity index (χ3v) is 4.71. The summed E-state index contributed by atoms with van der Waals surface area (Å²) in [5, 5.41) is 9.17. The summed E-state index contributed by atoms with van der Waals surface area (Å²) in [4.78, 5) is 0. The van der Waals surface area contributed by atoms with Gasteiger partial charge in [0.2, 0.25) is 6.79 Å².